The van der Waals surface area contributed by atoms with Gasteiger partial charge in [-0.15, -0.1) is 11.3 Å². The molecule has 0 bridgehead atoms. The van der Waals surface area contributed by atoms with Crippen LogP contribution in [0.15, 0.2) is 47.6 Å². The Morgan fingerprint density at radius 2 is 1.73 bits per heavy atom. The number of amides is 1. The van der Waals surface area contributed by atoms with Gasteiger partial charge in [-0.05, 0) is 31.2 Å². The normalized spacial score (nSPS) is 15.6. The molecule has 3 aromatic rings. The molecule has 0 N–H and O–H groups in total. The molecule has 0 aliphatic carbocycles. The van der Waals surface area contributed by atoms with Crippen LogP contribution in [0, 0.1) is 6.92 Å². The first-order valence-electron chi connectivity index (χ1n) is 9.79. The van der Waals surface area contributed by atoms with Gasteiger partial charge in [0, 0.05) is 38.6 Å². The van der Waals surface area contributed by atoms with Gasteiger partial charge in [-0.25, -0.2) is 23.4 Å². The maximum atomic E-state index is 13.0. The molecule has 2 aromatic heterocycles. The molecule has 33 heavy (non-hydrogen) atoms. The van der Waals surface area contributed by atoms with E-state index in [0.29, 0.717) is 27.5 Å². The third kappa shape index (κ3) is 4.75. The predicted molar refractivity (Wildman–Crippen MR) is 114 cm³/mol. The largest absolute Gasteiger partial charge is 0.416 e. The molecule has 4 rings (SSSR count). The van der Waals surface area contributed by atoms with Gasteiger partial charge in [0.05, 0.1) is 16.2 Å². The highest BCUT2D eigenvalue weighted by Gasteiger charge is 2.35. The summed E-state index contributed by atoms with van der Waals surface area (Å²) in [5, 5.41) is 0.502. The van der Waals surface area contributed by atoms with Crippen LogP contribution in [0.25, 0.3) is 10.8 Å². The van der Waals surface area contributed by atoms with Gasteiger partial charge < -0.3 is 4.90 Å². The third-order valence-corrected chi connectivity index (χ3v) is 8.11. The average molecular weight is 498 g/mol. The van der Waals surface area contributed by atoms with E-state index in [1.807, 2.05) is 0 Å². The van der Waals surface area contributed by atoms with Crippen LogP contribution in [-0.4, -0.2) is 64.7 Å². The van der Waals surface area contributed by atoms with Crippen LogP contribution in [-0.2, 0) is 16.2 Å². The van der Waals surface area contributed by atoms with Crippen molar-refractivity contribution >= 4 is 27.3 Å². The maximum Gasteiger partial charge on any atom is 0.416 e. The molecule has 3 heterocycles. The summed E-state index contributed by atoms with van der Waals surface area (Å²) in [6.45, 7) is 1.84. The highest BCUT2D eigenvalue weighted by molar-refractivity contribution is 7.89. The Hall–Kier alpha value is -2.90. The van der Waals surface area contributed by atoms with Gasteiger partial charge in [0.15, 0.2) is 10.8 Å². The summed E-state index contributed by atoms with van der Waals surface area (Å²) in [6, 6.07) is 5.32. The smallest absolute Gasteiger partial charge is 0.335 e. The quantitative estimate of drug-likeness (QED) is 0.550. The molecule has 1 fully saturated rings. The standard InChI is InChI=1S/C20H18F3N5O3S2/c1-13-16(32-18(26-13)17-24-6-3-7-25-17)19(29)27-8-10-28(11-9-27)33(30,31)15-5-2-4-14(12-15)20(21,22)23/h2-7,12H,8-11H2,1H3. The minimum Gasteiger partial charge on any atom is -0.335 e. The SMILES string of the molecule is Cc1nc(-c2ncccn2)sc1C(=O)N1CCN(S(=O)(=O)c2cccc(C(F)(F)F)c2)CC1. The van der Waals surface area contributed by atoms with Crippen molar-refractivity contribution in [1.82, 2.24) is 24.2 Å². The minimum atomic E-state index is -4.65. The number of benzene rings is 1. The molecule has 1 amide bonds. The summed E-state index contributed by atoms with van der Waals surface area (Å²) in [5.74, 6) is 0.116. The highest BCUT2D eigenvalue weighted by atomic mass is 32.2. The molecule has 0 spiro atoms. The number of hydrogen-bond acceptors (Lipinski definition) is 7. The third-order valence-electron chi connectivity index (χ3n) is 5.07. The minimum absolute atomic E-state index is 0.0309. The number of hydrogen-bond donors (Lipinski definition) is 0. The van der Waals surface area contributed by atoms with E-state index in [2.05, 4.69) is 15.0 Å². The second-order valence-electron chi connectivity index (χ2n) is 7.23. The van der Waals surface area contributed by atoms with Gasteiger partial charge in [-0.3, -0.25) is 4.79 Å². The molecule has 174 valence electrons. The molecule has 1 aliphatic rings. The van der Waals surface area contributed by atoms with Crippen molar-refractivity contribution in [2.45, 2.75) is 18.0 Å². The summed E-state index contributed by atoms with van der Waals surface area (Å²) in [4.78, 5) is 27.1. The van der Waals surface area contributed by atoms with E-state index in [-0.39, 0.29) is 32.1 Å². The summed E-state index contributed by atoms with van der Waals surface area (Å²) in [5.41, 5.74) is -0.511. The Bertz CT molecular complexity index is 1270. The van der Waals surface area contributed by atoms with Crippen LogP contribution in [0.3, 0.4) is 0 Å². The number of piperazine rings is 1. The zero-order chi connectivity index (χ0) is 23.8. The lowest BCUT2D eigenvalue weighted by Crippen LogP contribution is -2.50. The number of carbonyl (C=O) groups is 1. The number of aromatic nitrogens is 3. The first-order valence-corrected chi connectivity index (χ1v) is 12.0. The van der Waals surface area contributed by atoms with Crippen molar-refractivity contribution < 1.29 is 26.4 Å². The molecule has 1 saturated heterocycles. The van der Waals surface area contributed by atoms with Gasteiger partial charge in [0.25, 0.3) is 5.91 Å². The van der Waals surface area contributed by atoms with Crippen molar-refractivity contribution in [3.63, 3.8) is 0 Å². The van der Waals surface area contributed by atoms with Crippen molar-refractivity contribution in [2.75, 3.05) is 26.2 Å². The van der Waals surface area contributed by atoms with Crippen molar-refractivity contribution in [3.05, 3.63) is 58.9 Å². The number of sulfonamides is 1. The molecule has 0 radical (unpaired) electrons. The van der Waals surface area contributed by atoms with Gasteiger partial charge in [0.1, 0.15) is 4.88 Å². The molecule has 0 unspecified atom stereocenters. The maximum absolute atomic E-state index is 13.0. The van der Waals surface area contributed by atoms with Crippen LogP contribution < -0.4 is 0 Å². The lowest BCUT2D eigenvalue weighted by molar-refractivity contribution is -0.137. The van der Waals surface area contributed by atoms with E-state index in [1.54, 1.807) is 25.4 Å². The molecule has 1 aliphatic heterocycles. The monoisotopic (exact) mass is 497 g/mol. The zero-order valence-electron chi connectivity index (χ0n) is 17.3. The van der Waals surface area contributed by atoms with E-state index in [4.69, 9.17) is 0 Å². The second-order valence-corrected chi connectivity index (χ2v) is 10.2. The molecule has 1 aromatic carbocycles. The van der Waals surface area contributed by atoms with Crippen molar-refractivity contribution in [1.29, 1.82) is 0 Å². The number of thiazole rings is 1. The Labute approximate surface area is 191 Å². The predicted octanol–water partition coefficient (Wildman–Crippen LogP) is 3.07. The second kappa shape index (κ2) is 8.80. The van der Waals surface area contributed by atoms with Crippen LogP contribution in [0.1, 0.15) is 20.9 Å². The number of halogens is 3. The number of rotatable bonds is 4. The Morgan fingerprint density at radius 3 is 2.36 bits per heavy atom. The Morgan fingerprint density at radius 1 is 1.06 bits per heavy atom. The van der Waals surface area contributed by atoms with E-state index < -0.39 is 26.7 Å². The fourth-order valence-corrected chi connectivity index (χ4v) is 5.81. The summed E-state index contributed by atoms with van der Waals surface area (Å²) in [6.07, 6.45) is -1.50. The summed E-state index contributed by atoms with van der Waals surface area (Å²) < 4.78 is 65.7. The topological polar surface area (TPSA) is 96.4 Å². The fourth-order valence-electron chi connectivity index (χ4n) is 3.36. The molecule has 0 atom stereocenters. The molecule has 8 nitrogen and oxygen atoms in total. The number of nitrogens with zero attached hydrogens (tertiary/aromatic N) is 5. The van der Waals surface area contributed by atoms with Gasteiger partial charge in [-0.1, -0.05) is 6.07 Å². The summed E-state index contributed by atoms with van der Waals surface area (Å²) >= 11 is 1.16. The number of alkyl halides is 3. The van der Waals surface area contributed by atoms with Crippen LogP contribution in [0.4, 0.5) is 13.2 Å². The molecule has 0 saturated carbocycles. The molecular weight excluding hydrogens is 479 g/mol. The average Bonchev–Trinajstić information content (AvgIpc) is 3.20. The van der Waals surface area contributed by atoms with E-state index in [9.17, 15) is 26.4 Å². The van der Waals surface area contributed by atoms with E-state index in [1.165, 1.54) is 4.90 Å². The fraction of sp³-hybridized carbons (Fsp3) is 0.300. The number of aryl methyl sites for hydroxylation is 1. The van der Waals surface area contributed by atoms with Crippen molar-refractivity contribution in [2.24, 2.45) is 0 Å². The first kappa shape index (κ1) is 23.3. The first-order chi connectivity index (χ1) is 15.6. The van der Waals surface area contributed by atoms with Gasteiger partial charge in [0.2, 0.25) is 10.0 Å². The van der Waals surface area contributed by atoms with Crippen molar-refractivity contribution in [3.8, 4) is 10.8 Å². The van der Waals surface area contributed by atoms with Crippen LogP contribution in [0.2, 0.25) is 0 Å². The Balaban J connectivity index is 1.47. The number of carbonyl (C=O) groups excluding carboxylic acids is 1. The lowest BCUT2D eigenvalue weighted by atomic mass is 10.2. The summed E-state index contributed by atoms with van der Waals surface area (Å²) in [7, 11) is -4.13. The lowest BCUT2D eigenvalue weighted by Gasteiger charge is -2.33. The molecule has 13 heteroatoms. The zero-order valence-corrected chi connectivity index (χ0v) is 18.9. The van der Waals surface area contributed by atoms with Crippen LogP contribution in [0.5, 0.6) is 0 Å². The highest BCUT2D eigenvalue weighted by Crippen LogP contribution is 2.31. The van der Waals surface area contributed by atoms with Crippen LogP contribution >= 0.6 is 11.3 Å². The Kier molecular flexibility index (Phi) is 6.20. The molecular formula is C20H18F3N5O3S2. The van der Waals surface area contributed by atoms with E-state index >= 15 is 0 Å². The van der Waals surface area contributed by atoms with Gasteiger partial charge in [-0.2, -0.15) is 17.5 Å². The van der Waals surface area contributed by atoms with Gasteiger partial charge >= 0.3 is 6.18 Å². The van der Waals surface area contributed by atoms with E-state index in [0.717, 1.165) is 33.8 Å².